The Morgan fingerprint density at radius 1 is 1.29 bits per heavy atom. The summed E-state index contributed by atoms with van der Waals surface area (Å²) >= 11 is 1.44. The van der Waals surface area contributed by atoms with Crippen LogP contribution >= 0.6 is 11.3 Å². The molecular weight excluding hydrogens is 196 g/mol. The Kier molecular flexibility index (Phi) is 2.31. The summed E-state index contributed by atoms with van der Waals surface area (Å²) in [6.45, 7) is 1.74. The fourth-order valence-electron chi connectivity index (χ4n) is 1.26. The molecule has 0 saturated heterocycles. The molecule has 1 atom stereocenters. The highest BCUT2D eigenvalue weighted by atomic mass is 32.1. The van der Waals surface area contributed by atoms with Gasteiger partial charge in [0.1, 0.15) is 10.6 Å². The quantitative estimate of drug-likeness (QED) is 0.814. The zero-order valence-electron chi connectivity index (χ0n) is 7.71. The molecule has 2 aromatic rings. The molecule has 1 N–H and O–H groups in total. The number of aliphatic hydroxyl groups is 1. The first-order valence-electron chi connectivity index (χ1n) is 4.24. The van der Waals surface area contributed by atoms with Gasteiger partial charge in [-0.3, -0.25) is 4.98 Å². The molecule has 0 saturated carbocycles. The van der Waals surface area contributed by atoms with Gasteiger partial charge in [0.15, 0.2) is 0 Å². The van der Waals surface area contributed by atoms with Gasteiger partial charge in [-0.1, -0.05) is 0 Å². The van der Waals surface area contributed by atoms with E-state index in [-0.39, 0.29) is 0 Å². The van der Waals surface area contributed by atoms with Gasteiger partial charge in [-0.05, 0) is 24.6 Å². The fraction of sp³-hybridized carbons (Fsp3) is 0.200. The van der Waals surface area contributed by atoms with Crippen LogP contribution in [-0.2, 0) is 5.60 Å². The highest BCUT2D eigenvalue weighted by molar-refractivity contribution is 7.09. The summed E-state index contributed by atoms with van der Waals surface area (Å²) in [6.07, 6.45) is 5.02. The summed E-state index contributed by atoms with van der Waals surface area (Å²) < 4.78 is 0. The SMILES string of the molecule is CC(O)(c1ccncc1)c1nccs1. The number of pyridine rings is 1. The van der Waals surface area contributed by atoms with Gasteiger partial charge in [0.05, 0.1) is 0 Å². The number of nitrogens with zero attached hydrogens (tertiary/aromatic N) is 2. The maximum atomic E-state index is 10.3. The summed E-state index contributed by atoms with van der Waals surface area (Å²) in [5.74, 6) is 0. The average molecular weight is 206 g/mol. The molecular formula is C10H10N2OS. The van der Waals surface area contributed by atoms with Crippen LogP contribution in [0.1, 0.15) is 17.5 Å². The van der Waals surface area contributed by atoms with E-state index in [0.717, 1.165) is 5.56 Å². The highest BCUT2D eigenvalue weighted by Crippen LogP contribution is 2.29. The minimum atomic E-state index is -1.02. The largest absolute Gasteiger partial charge is 0.378 e. The van der Waals surface area contributed by atoms with Gasteiger partial charge in [0, 0.05) is 24.0 Å². The number of thiazole rings is 1. The van der Waals surface area contributed by atoms with Crippen molar-refractivity contribution in [2.75, 3.05) is 0 Å². The second-order valence-electron chi connectivity index (χ2n) is 3.15. The molecule has 4 heteroatoms. The first-order valence-corrected chi connectivity index (χ1v) is 5.12. The first kappa shape index (κ1) is 9.30. The second-order valence-corrected chi connectivity index (χ2v) is 4.04. The fourth-order valence-corrected chi connectivity index (χ4v) is 1.98. The molecule has 14 heavy (non-hydrogen) atoms. The number of hydrogen-bond acceptors (Lipinski definition) is 4. The Bertz CT molecular complexity index is 397. The van der Waals surface area contributed by atoms with Crippen molar-refractivity contribution in [3.8, 4) is 0 Å². The Balaban J connectivity index is 2.43. The van der Waals surface area contributed by atoms with Gasteiger partial charge < -0.3 is 5.11 Å². The van der Waals surface area contributed by atoms with Crippen LogP contribution in [0.4, 0.5) is 0 Å². The molecule has 72 valence electrons. The van der Waals surface area contributed by atoms with Gasteiger partial charge >= 0.3 is 0 Å². The normalized spacial score (nSPS) is 15.0. The maximum Gasteiger partial charge on any atom is 0.138 e. The molecule has 2 heterocycles. The van der Waals surface area contributed by atoms with E-state index in [9.17, 15) is 5.11 Å². The molecule has 2 rings (SSSR count). The molecule has 0 aliphatic rings. The molecule has 0 spiro atoms. The highest BCUT2D eigenvalue weighted by Gasteiger charge is 2.27. The summed E-state index contributed by atoms with van der Waals surface area (Å²) in [5, 5.41) is 12.8. The molecule has 0 aliphatic heterocycles. The van der Waals surface area contributed by atoms with Crippen molar-refractivity contribution >= 4 is 11.3 Å². The Morgan fingerprint density at radius 2 is 2.00 bits per heavy atom. The zero-order chi connectivity index (χ0) is 10.0. The minimum absolute atomic E-state index is 0.698. The van der Waals surface area contributed by atoms with Crippen molar-refractivity contribution in [1.82, 2.24) is 9.97 Å². The van der Waals surface area contributed by atoms with Crippen molar-refractivity contribution in [1.29, 1.82) is 0 Å². The van der Waals surface area contributed by atoms with E-state index in [1.165, 1.54) is 11.3 Å². The monoisotopic (exact) mass is 206 g/mol. The van der Waals surface area contributed by atoms with Crippen LogP contribution in [0.15, 0.2) is 36.1 Å². The molecule has 0 amide bonds. The van der Waals surface area contributed by atoms with Crippen molar-refractivity contribution in [2.45, 2.75) is 12.5 Å². The summed E-state index contributed by atoms with van der Waals surface area (Å²) in [7, 11) is 0. The molecule has 0 aromatic carbocycles. The van der Waals surface area contributed by atoms with Crippen molar-refractivity contribution < 1.29 is 5.11 Å². The average Bonchev–Trinajstić information content (AvgIpc) is 2.72. The maximum absolute atomic E-state index is 10.3. The third-order valence-corrected chi connectivity index (χ3v) is 3.08. The van der Waals surface area contributed by atoms with E-state index in [2.05, 4.69) is 9.97 Å². The van der Waals surface area contributed by atoms with Crippen LogP contribution in [0.3, 0.4) is 0 Å². The second kappa shape index (κ2) is 3.48. The third-order valence-electron chi connectivity index (χ3n) is 2.09. The summed E-state index contributed by atoms with van der Waals surface area (Å²) in [4.78, 5) is 8.02. The lowest BCUT2D eigenvalue weighted by Crippen LogP contribution is -2.22. The minimum Gasteiger partial charge on any atom is -0.378 e. The smallest absolute Gasteiger partial charge is 0.138 e. The number of rotatable bonds is 2. The van der Waals surface area contributed by atoms with E-state index in [4.69, 9.17) is 0 Å². The molecule has 0 fully saturated rings. The standard InChI is InChI=1S/C10H10N2OS/c1-10(13,9-12-6-7-14-9)8-2-4-11-5-3-8/h2-7,13H,1H3. The molecule has 3 nitrogen and oxygen atoms in total. The summed E-state index contributed by atoms with van der Waals surface area (Å²) in [6, 6.07) is 3.59. The molecule has 0 aliphatic carbocycles. The van der Waals surface area contributed by atoms with E-state index in [1.807, 2.05) is 5.38 Å². The lowest BCUT2D eigenvalue weighted by molar-refractivity contribution is 0.102. The predicted molar refractivity (Wildman–Crippen MR) is 55.0 cm³/mol. The molecule has 0 radical (unpaired) electrons. The third kappa shape index (κ3) is 1.54. The molecule has 2 aromatic heterocycles. The van der Waals surface area contributed by atoms with Crippen molar-refractivity contribution in [3.63, 3.8) is 0 Å². The Labute approximate surface area is 86.1 Å². The lowest BCUT2D eigenvalue weighted by atomic mass is 9.98. The Morgan fingerprint density at radius 3 is 2.57 bits per heavy atom. The van der Waals surface area contributed by atoms with Crippen LogP contribution in [-0.4, -0.2) is 15.1 Å². The van der Waals surface area contributed by atoms with Crippen molar-refractivity contribution in [3.05, 3.63) is 46.7 Å². The lowest BCUT2D eigenvalue weighted by Gasteiger charge is -2.20. The van der Waals surface area contributed by atoms with Crippen LogP contribution in [0.2, 0.25) is 0 Å². The van der Waals surface area contributed by atoms with Gasteiger partial charge in [-0.2, -0.15) is 0 Å². The predicted octanol–water partition coefficient (Wildman–Crippen LogP) is 1.79. The van der Waals surface area contributed by atoms with Crippen LogP contribution < -0.4 is 0 Å². The van der Waals surface area contributed by atoms with E-state index >= 15 is 0 Å². The molecule has 0 bridgehead atoms. The van der Waals surface area contributed by atoms with Gasteiger partial charge in [-0.15, -0.1) is 11.3 Å². The Hall–Kier alpha value is -1.26. The van der Waals surface area contributed by atoms with E-state index in [0.29, 0.717) is 5.01 Å². The topological polar surface area (TPSA) is 46.0 Å². The van der Waals surface area contributed by atoms with E-state index < -0.39 is 5.60 Å². The van der Waals surface area contributed by atoms with Crippen molar-refractivity contribution in [2.24, 2.45) is 0 Å². The zero-order valence-corrected chi connectivity index (χ0v) is 8.53. The number of aromatic nitrogens is 2. The number of hydrogen-bond donors (Lipinski definition) is 1. The van der Waals surface area contributed by atoms with E-state index in [1.54, 1.807) is 37.6 Å². The van der Waals surface area contributed by atoms with Crippen LogP contribution in [0.5, 0.6) is 0 Å². The van der Waals surface area contributed by atoms with Gasteiger partial charge in [0.25, 0.3) is 0 Å². The molecule has 1 unspecified atom stereocenters. The van der Waals surface area contributed by atoms with Gasteiger partial charge in [-0.25, -0.2) is 4.98 Å². The first-order chi connectivity index (χ1) is 6.71. The summed E-state index contributed by atoms with van der Waals surface area (Å²) in [5.41, 5.74) is -0.209. The van der Waals surface area contributed by atoms with Crippen LogP contribution in [0.25, 0.3) is 0 Å². The van der Waals surface area contributed by atoms with Crippen LogP contribution in [0, 0.1) is 0 Å². The van der Waals surface area contributed by atoms with Gasteiger partial charge in [0.2, 0.25) is 0 Å².